The first-order chi connectivity index (χ1) is 15.2. The van der Waals surface area contributed by atoms with Crippen molar-refractivity contribution in [3.05, 3.63) is 35.1 Å². The van der Waals surface area contributed by atoms with Crippen LogP contribution < -0.4 is 9.47 Å². The maximum Gasteiger partial charge on any atom is 0.485 e. The van der Waals surface area contributed by atoms with Gasteiger partial charge in [-0.1, -0.05) is 6.07 Å². The quantitative estimate of drug-likeness (QED) is 0.361. The number of hydrogen-bond donors (Lipinski definition) is 0. The summed E-state index contributed by atoms with van der Waals surface area (Å²) in [4.78, 5) is 0. The fourth-order valence-corrected chi connectivity index (χ4v) is 7.21. The summed E-state index contributed by atoms with van der Waals surface area (Å²) in [6, 6.07) is 5.05. The predicted octanol–water partition coefficient (Wildman–Crippen LogP) is 2.70. The second kappa shape index (κ2) is 6.57. The topological polar surface area (TPSA) is 84.9 Å². The molecule has 0 amide bonds. The Morgan fingerprint density at radius 3 is 2.45 bits per heavy atom. The lowest BCUT2D eigenvalue weighted by atomic mass is 9.50. The number of methoxy groups -OCH3 is 2. The Bertz CT molecular complexity index is 1160. The maximum absolute atomic E-state index is 10.7. The summed E-state index contributed by atoms with van der Waals surface area (Å²) in [6.07, 6.45) is 6.01. The first kappa shape index (κ1) is 22.8. The highest BCUT2D eigenvalue weighted by atomic mass is 32.2. The predicted molar refractivity (Wildman–Crippen MR) is 110 cm³/mol. The smallest absolute Gasteiger partial charge is 0.485 e. The van der Waals surface area contributed by atoms with Crippen molar-refractivity contribution < 1.29 is 44.8 Å². The molecule has 182 valence electrons. The number of likely N-dealkylation sites (N-methyl/N-ethyl adjacent to an activating group) is 1. The van der Waals surface area contributed by atoms with E-state index in [1.54, 1.807) is 14.2 Å². The Balaban J connectivity index is 0.000000249. The number of halogens is 3. The molecule has 7 nitrogen and oxygen atoms in total. The van der Waals surface area contributed by atoms with Gasteiger partial charge in [-0.05, 0) is 30.0 Å². The molecule has 11 heteroatoms. The van der Waals surface area contributed by atoms with Gasteiger partial charge < -0.3 is 23.2 Å². The number of alkyl halides is 3. The van der Waals surface area contributed by atoms with Crippen molar-refractivity contribution in [2.24, 2.45) is 11.3 Å². The molecule has 1 aromatic rings. The van der Waals surface area contributed by atoms with Crippen molar-refractivity contribution in [1.29, 1.82) is 0 Å². The van der Waals surface area contributed by atoms with E-state index in [9.17, 15) is 13.2 Å². The normalized spacial score (nSPS) is 36.2. The number of likely N-dealkylation sites (tertiary alicyclic amines) is 1. The number of benzene rings is 1. The molecule has 1 saturated heterocycles. The van der Waals surface area contributed by atoms with Crippen LogP contribution >= 0.6 is 0 Å². The van der Waals surface area contributed by atoms with Gasteiger partial charge in [-0.2, -0.15) is 13.2 Å². The van der Waals surface area contributed by atoms with Gasteiger partial charge in [0.25, 0.3) is 0 Å². The second-order valence-corrected chi connectivity index (χ2v) is 11.5. The molecule has 2 aliphatic heterocycles. The van der Waals surface area contributed by atoms with Gasteiger partial charge >= 0.3 is 5.51 Å². The molecular formula is C22H26F3NO6S. The number of ether oxygens (including phenoxy) is 3. The van der Waals surface area contributed by atoms with E-state index < -0.39 is 15.6 Å². The van der Waals surface area contributed by atoms with E-state index >= 15 is 0 Å². The van der Waals surface area contributed by atoms with Gasteiger partial charge in [0.1, 0.15) is 5.76 Å². The van der Waals surface area contributed by atoms with Crippen LogP contribution in [0.2, 0.25) is 0 Å². The van der Waals surface area contributed by atoms with Gasteiger partial charge in [-0.3, -0.25) is 0 Å². The number of piperidine rings is 1. The molecule has 2 heterocycles. The summed E-state index contributed by atoms with van der Waals surface area (Å²) in [6.45, 7) is 1.20. The van der Waals surface area contributed by atoms with Crippen LogP contribution in [0.5, 0.6) is 11.5 Å². The third kappa shape index (κ3) is 2.72. The molecule has 2 spiro atoms. The first-order valence-corrected chi connectivity index (χ1v) is 12.1. The second-order valence-electron chi connectivity index (χ2n) is 10.1. The van der Waals surface area contributed by atoms with Gasteiger partial charge in [0.15, 0.2) is 27.7 Å². The zero-order chi connectivity index (χ0) is 24.2. The van der Waals surface area contributed by atoms with Gasteiger partial charge in [0.2, 0.25) is 0 Å². The third-order valence-electron chi connectivity index (χ3n) is 8.52. The standard InChI is InChI=1S/C21H26NO3.CHF3O3S/c1-22(2)8-7-20-17-12-5-6-14(23-3)18(17)25-19(20)15(24-4)10-13-11-21(13,20)16(22)9-12;2-1(3,4)8(5,6)7/h5-6,10,13,16,19H,7-9,11H2,1-4H3;(H,5,6,7)/q+1;/p-1/t13-,16-,19+,20+,21+;/m1./s1. The van der Waals surface area contributed by atoms with Crippen LogP contribution in [0.3, 0.4) is 0 Å². The number of nitrogens with zero attached hydrogens (tertiary/aromatic N) is 1. The molecular weight excluding hydrogens is 463 g/mol. The van der Waals surface area contributed by atoms with Crippen LogP contribution in [0.25, 0.3) is 0 Å². The molecule has 2 bridgehead atoms. The van der Waals surface area contributed by atoms with Crippen LogP contribution in [0.1, 0.15) is 24.0 Å². The third-order valence-corrected chi connectivity index (χ3v) is 9.09. The Morgan fingerprint density at radius 1 is 1.21 bits per heavy atom. The number of quaternary nitrogens is 1. The van der Waals surface area contributed by atoms with Crippen LogP contribution in [-0.2, 0) is 26.7 Å². The van der Waals surface area contributed by atoms with E-state index in [4.69, 9.17) is 27.2 Å². The summed E-state index contributed by atoms with van der Waals surface area (Å²) in [5.74, 6) is 3.54. The molecule has 5 aliphatic rings. The minimum Gasteiger partial charge on any atom is -0.741 e. The van der Waals surface area contributed by atoms with E-state index in [1.165, 1.54) is 30.5 Å². The SMILES string of the molecule is COC1=C[C@@H]2C[C@@]23[C@H]2Cc4ccc(OC)c5c4[C@@]3(CC[N+]2(C)C)[C@H]1O5.O=S(=O)([O-])C(F)(F)F. The molecule has 1 aromatic carbocycles. The number of hydrogen-bond acceptors (Lipinski definition) is 6. The average Bonchev–Trinajstić information content (AvgIpc) is 3.32. The molecule has 0 N–H and O–H groups in total. The van der Waals surface area contributed by atoms with Crippen molar-refractivity contribution in [2.45, 2.75) is 42.3 Å². The largest absolute Gasteiger partial charge is 0.741 e. The summed E-state index contributed by atoms with van der Waals surface area (Å²) in [5.41, 5.74) is -2.30. The summed E-state index contributed by atoms with van der Waals surface area (Å²) >= 11 is 0. The Morgan fingerprint density at radius 2 is 1.88 bits per heavy atom. The highest BCUT2D eigenvalue weighted by molar-refractivity contribution is 7.86. The lowest BCUT2D eigenvalue weighted by Crippen LogP contribution is -2.71. The summed E-state index contributed by atoms with van der Waals surface area (Å²) in [5, 5.41) is 0. The summed E-state index contributed by atoms with van der Waals surface area (Å²) in [7, 11) is 2.31. The molecule has 0 unspecified atom stereocenters. The highest BCUT2D eigenvalue weighted by Gasteiger charge is 2.83. The zero-order valence-corrected chi connectivity index (χ0v) is 19.5. The van der Waals surface area contributed by atoms with E-state index in [2.05, 4.69) is 32.3 Å². The minimum atomic E-state index is -6.09. The Kier molecular flexibility index (Phi) is 4.54. The monoisotopic (exact) mass is 489 g/mol. The number of allylic oxidation sites excluding steroid dienone is 1. The molecule has 2 fully saturated rings. The zero-order valence-electron chi connectivity index (χ0n) is 18.7. The van der Waals surface area contributed by atoms with E-state index in [-0.39, 0.29) is 11.5 Å². The van der Waals surface area contributed by atoms with Crippen molar-refractivity contribution in [1.82, 2.24) is 0 Å². The van der Waals surface area contributed by atoms with Gasteiger partial charge in [0, 0.05) is 23.8 Å². The van der Waals surface area contributed by atoms with Crippen LogP contribution in [-0.4, -0.2) is 70.0 Å². The maximum atomic E-state index is 10.7. The van der Waals surface area contributed by atoms with E-state index in [0.717, 1.165) is 28.2 Å². The minimum absolute atomic E-state index is 0.0180. The first-order valence-electron chi connectivity index (χ1n) is 10.7. The Hall–Kier alpha value is -1.98. The van der Waals surface area contributed by atoms with Gasteiger partial charge in [0.05, 0.1) is 46.3 Å². The molecule has 1 saturated carbocycles. The fourth-order valence-electron chi connectivity index (χ4n) is 7.21. The lowest BCUT2D eigenvalue weighted by Gasteiger charge is -2.60. The van der Waals surface area contributed by atoms with Crippen LogP contribution in [0.4, 0.5) is 13.2 Å². The molecule has 33 heavy (non-hydrogen) atoms. The fraction of sp³-hybridized carbons (Fsp3) is 0.636. The van der Waals surface area contributed by atoms with Crippen molar-refractivity contribution >= 4 is 10.1 Å². The van der Waals surface area contributed by atoms with Crippen molar-refractivity contribution in [3.63, 3.8) is 0 Å². The Labute approximate surface area is 190 Å². The van der Waals surface area contributed by atoms with E-state index in [1.807, 2.05) is 0 Å². The molecule has 5 atom stereocenters. The molecule has 0 radical (unpaired) electrons. The average molecular weight is 490 g/mol. The van der Waals surface area contributed by atoms with Crippen LogP contribution in [0, 0.1) is 11.3 Å². The molecule has 3 aliphatic carbocycles. The highest BCUT2D eigenvalue weighted by Crippen LogP contribution is 2.80. The molecule has 6 rings (SSSR count). The van der Waals surface area contributed by atoms with E-state index in [0.29, 0.717) is 17.4 Å². The van der Waals surface area contributed by atoms with Gasteiger partial charge in [-0.25, -0.2) is 8.42 Å². The number of rotatable bonds is 2. The lowest BCUT2D eigenvalue weighted by molar-refractivity contribution is -0.929. The van der Waals surface area contributed by atoms with Gasteiger partial charge in [-0.15, -0.1) is 0 Å². The van der Waals surface area contributed by atoms with Crippen molar-refractivity contribution in [2.75, 3.05) is 34.9 Å². The summed E-state index contributed by atoms with van der Waals surface area (Å²) < 4.78 is 78.2. The van der Waals surface area contributed by atoms with Crippen LogP contribution in [0.15, 0.2) is 24.0 Å². The molecule has 0 aromatic heterocycles. The van der Waals surface area contributed by atoms with Crippen molar-refractivity contribution in [3.8, 4) is 11.5 Å².